The molecule has 0 saturated heterocycles. The van der Waals surface area contributed by atoms with Gasteiger partial charge in [0.05, 0.1) is 11.6 Å². The smallest absolute Gasteiger partial charge is 0.186 e. The Bertz CT molecular complexity index is 430. The molecule has 0 aromatic heterocycles. The highest BCUT2D eigenvalue weighted by Gasteiger charge is 2.16. The Morgan fingerprint density at radius 3 is 2.81 bits per heavy atom. The van der Waals surface area contributed by atoms with Crippen molar-refractivity contribution in [3.8, 4) is 11.5 Å². The second-order valence-corrected chi connectivity index (χ2v) is 3.75. The average Bonchev–Trinajstić information content (AvgIpc) is 2.26. The summed E-state index contributed by atoms with van der Waals surface area (Å²) in [6.45, 7) is 1.41. The van der Waals surface area contributed by atoms with Crippen molar-refractivity contribution in [2.75, 3.05) is 13.2 Å². The Labute approximate surface area is 98.0 Å². The molecular formula is C10H12ClN3O2. The van der Waals surface area contributed by atoms with E-state index in [0.29, 0.717) is 36.3 Å². The molecule has 16 heavy (non-hydrogen) atoms. The molecule has 1 heterocycles. The van der Waals surface area contributed by atoms with Crippen LogP contribution in [0.15, 0.2) is 17.1 Å². The number of rotatable bonds is 2. The van der Waals surface area contributed by atoms with Gasteiger partial charge in [0.1, 0.15) is 13.2 Å². The number of nitrogens with zero attached hydrogens (tertiary/aromatic N) is 1. The minimum Gasteiger partial charge on any atom is -0.486 e. The highest BCUT2D eigenvalue weighted by atomic mass is 35.5. The molecular weight excluding hydrogens is 230 g/mol. The van der Waals surface area contributed by atoms with Gasteiger partial charge in [0.15, 0.2) is 17.5 Å². The van der Waals surface area contributed by atoms with Crippen LogP contribution in [-0.4, -0.2) is 19.2 Å². The molecule has 0 unspecified atom stereocenters. The summed E-state index contributed by atoms with van der Waals surface area (Å²) in [5.74, 6) is 1.27. The maximum absolute atomic E-state index is 6.05. The van der Waals surface area contributed by atoms with Gasteiger partial charge in [-0.1, -0.05) is 11.6 Å². The number of guanidine groups is 1. The van der Waals surface area contributed by atoms with Crippen LogP contribution in [0, 0.1) is 0 Å². The minimum absolute atomic E-state index is 0.0472. The molecule has 5 nitrogen and oxygen atoms in total. The lowest BCUT2D eigenvalue weighted by Crippen LogP contribution is -2.22. The first-order chi connectivity index (χ1) is 7.66. The number of halogens is 1. The molecule has 0 bridgehead atoms. The Morgan fingerprint density at radius 1 is 1.31 bits per heavy atom. The highest BCUT2D eigenvalue weighted by Crippen LogP contribution is 2.38. The zero-order valence-electron chi connectivity index (χ0n) is 8.57. The second kappa shape index (κ2) is 4.49. The predicted octanol–water partition coefficient (Wildman–Crippen LogP) is 0.885. The van der Waals surface area contributed by atoms with Gasteiger partial charge in [0.2, 0.25) is 0 Å². The Hall–Kier alpha value is -1.62. The first-order valence-corrected chi connectivity index (χ1v) is 5.18. The van der Waals surface area contributed by atoms with E-state index in [9.17, 15) is 0 Å². The van der Waals surface area contributed by atoms with Crippen LogP contribution in [-0.2, 0) is 6.54 Å². The summed E-state index contributed by atoms with van der Waals surface area (Å²) >= 11 is 6.05. The summed E-state index contributed by atoms with van der Waals surface area (Å²) < 4.78 is 10.8. The molecule has 2 rings (SSSR count). The van der Waals surface area contributed by atoms with Crippen molar-refractivity contribution in [1.82, 2.24) is 0 Å². The van der Waals surface area contributed by atoms with E-state index in [4.69, 9.17) is 32.5 Å². The fourth-order valence-corrected chi connectivity index (χ4v) is 1.73. The van der Waals surface area contributed by atoms with Crippen molar-refractivity contribution >= 4 is 17.6 Å². The van der Waals surface area contributed by atoms with Crippen LogP contribution >= 0.6 is 11.6 Å². The van der Waals surface area contributed by atoms with Gasteiger partial charge in [-0.15, -0.1) is 0 Å². The average molecular weight is 242 g/mol. The van der Waals surface area contributed by atoms with Crippen LogP contribution in [0.3, 0.4) is 0 Å². The first-order valence-electron chi connectivity index (χ1n) is 4.80. The molecule has 0 aliphatic carbocycles. The van der Waals surface area contributed by atoms with Crippen molar-refractivity contribution < 1.29 is 9.47 Å². The Balaban J connectivity index is 2.28. The summed E-state index contributed by atoms with van der Waals surface area (Å²) in [5.41, 5.74) is 11.4. The molecule has 0 fully saturated rings. The van der Waals surface area contributed by atoms with E-state index in [1.54, 1.807) is 6.07 Å². The zero-order valence-corrected chi connectivity index (χ0v) is 9.33. The van der Waals surface area contributed by atoms with Gasteiger partial charge in [0.25, 0.3) is 0 Å². The zero-order chi connectivity index (χ0) is 11.5. The maximum Gasteiger partial charge on any atom is 0.186 e. The SMILES string of the molecule is NC(N)=NCc1cc(Cl)c2c(c1)OCCO2. The van der Waals surface area contributed by atoms with Crippen molar-refractivity contribution in [1.29, 1.82) is 0 Å². The van der Waals surface area contributed by atoms with Gasteiger partial charge < -0.3 is 20.9 Å². The van der Waals surface area contributed by atoms with Crippen molar-refractivity contribution in [3.63, 3.8) is 0 Å². The van der Waals surface area contributed by atoms with Gasteiger partial charge >= 0.3 is 0 Å². The summed E-state index contributed by atoms with van der Waals surface area (Å²) in [6.07, 6.45) is 0. The Morgan fingerprint density at radius 2 is 2.06 bits per heavy atom. The largest absolute Gasteiger partial charge is 0.486 e. The quantitative estimate of drug-likeness (QED) is 0.595. The number of nitrogens with two attached hydrogens (primary N) is 2. The first kappa shape index (κ1) is 10.9. The molecule has 0 spiro atoms. The van der Waals surface area contributed by atoms with Gasteiger partial charge in [-0.25, -0.2) is 4.99 Å². The lowest BCUT2D eigenvalue weighted by atomic mass is 10.2. The Kier molecular flexibility index (Phi) is 3.05. The van der Waals surface area contributed by atoms with Crippen LogP contribution in [0.4, 0.5) is 0 Å². The summed E-state index contributed by atoms with van der Waals surface area (Å²) in [5, 5.41) is 0.512. The maximum atomic E-state index is 6.05. The fraction of sp³-hybridized carbons (Fsp3) is 0.300. The second-order valence-electron chi connectivity index (χ2n) is 3.34. The molecule has 1 aliphatic heterocycles. The van der Waals surface area contributed by atoms with E-state index >= 15 is 0 Å². The van der Waals surface area contributed by atoms with Gasteiger partial charge in [-0.3, -0.25) is 0 Å². The number of ether oxygens (including phenoxy) is 2. The van der Waals surface area contributed by atoms with E-state index in [0.717, 1.165) is 5.56 Å². The van der Waals surface area contributed by atoms with E-state index < -0.39 is 0 Å². The number of hydrogen-bond donors (Lipinski definition) is 2. The van der Waals surface area contributed by atoms with Gasteiger partial charge in [0, 0.05) is 0 Å². The number of aliphatic imine (C=N–C) groups is 1. The topological polar surface area (TPSA) is 82.9 Å². The number of benzene rings is 1. The number of hydrogen-bond acceptors (Lipinski definition) is 3. The van der Waals surface area contributed by atoms with Crippen molar-refractivity contribution in [3.05, 3.63) is 22.7 Å². The molecule has 1 aromatic carbocycles. The molecule has 1 aliphatic rings. The molecule has 4 N–H and O–H groups in total. The monoisotopic (exact) mass is 241 g/mol. The fourth-order valence-electron chi connectivity index (χ4n) is 1.44. The molecule has 86 valence electrons. The van der Waals surface area contributed by atoms with Crippen molar-refractivity contribution in [2.45, 2.75) is 6.54 Å². The third kappa shape index (κ3) is 2.30. The lowest BCUT2D eigenvalue weighted by Gasteiger charge is -2.20. The highest BCUT2D eigenvalue weighted by molar-refractivity contribution is 6.32. The summed E-state index contributed by atoms with van der Waals surface area (Å²) in [4.78, 5) is 3.90. The lowest BCUT2D eigenvalue weighted by molar-refractivity contribution is 0.171. The molecule has 6 heteroatoms. The van der Waals surface area contributed by atoms with Crippen LogP contribution in [0.1, 0.15) is 5.56 Å². The third-order valence-electron chi connectivity index (χ3n) is 2.10. The predicted molar refractivity (Wildman–Crippen MR) is 62.0 cm³/mol. The van der Waals surface area contributed by atoms with E-state index in [1.807, 2.05) is 6.07 Å². The van der Waals surface area contributed by atoms with E-state index in [2.05, 4.69) is 4.99 Å². The van der Waals surface area contributed by atoms with E-state index in [1.165, 1.54) is 0 Å². The van der Waals surface area contributed by atoms with Crippen molar-refractivity contribution in [2.24, 2.45) is 16.5 Å². The van der Waals surface area contributed by atoms with Crippen LogP contribution in [0.5, 0.6) is 11.5 Å². The van der Waals surface area contributed by atoms with Gasteiger partial charge in [-0.05, 0) is 17.7 Å². The van der Waals surface area contributed by atoms with E-state index in [-0.39, 0.29) is 5.96 Å². The van der Waals surface area contributed by atoms with Gasteiger partial charge in [-0.2, -0.15) is 0 Å². The van der Waals surface area contributed by atoms with Crippen LogP contribution < -0.4 is 20.9 Å². The minimum atomic E-state index is 0.0472. The molecule has 0 saturated carbocycles. The normalized spacial score (nSPS) is 13.3. The van der Waals surface area contributed by atoms with Crippen LogP contribution in [0.25, 0.3) is 0 Å². The third-order valence-corrected chi connectivity index (χ3v) is 2.38. The standard InChI is InChI=1S/C10H12ClN3O2/c11-7-3-6(5-14-10(12)13)4-8-9(7)16-2-1-15-8/h3-4H,1-2,5H2,(H4,12,13,14). The molecule has 0 atom stereocenters. The van der Waals surface area contributed by atoms with Crippen LogP contribution in [0.2, 0.25) is 5.02 Å². The molecule has 1 aromatic rings. The summed E-state index contributed by atoms with van der Waals surface area (Å²) in [6, 6.07) is 3.59. The molecule has 0 radical (unpaired) electrons. The summed E-state index contributed by atoms with van der Waals surface area (Å²) in [7, 11) is 0. The number of fused-ring (bicyclic) bond motifs is 1. The molecule has 0 amide bonds.